The number of hydrogen-bond acceptors (Lipinski definition) is 5. The van der Waals surface area contributed by atoms with E-state index in [1.54, 1.807) is 18.2 Å². The molecule has 1 aromatic heterocycles. The summed E-state index contributed by atoms with van der Waals surface area (Å²) in [6.45, 7) is 5.64. The first-order valence-electron chi connectivity index (χ1n) is 6.13. The third-order valence-electron chi connectivity index (χ3n) is 2.60. The molecule has 0 saturated heterocycles. The lowest BCUT2D eigenvalue weighted by Crippen LogP contribution is -2.02. The van der Waals surface area contributed by atoms with Gasteiger partial charge in [0.25, 0.3) is 0 Å². The van der Waals surface area contributed by atoms with Crippen molar-refractivity contribution in [1.29, 1.82) is 0 Å². The van der Waals surface area contributed by atoms with E-state index in [4.69, 9.17) is 9.26 Å². The summed E-state index contributed by atoms with van der Waals surface area (Å²) in [5, 5.41) is 3.83. The Labute approximate surface area is 111 Å². The van der Waals surface area contributed by atoms with Crippen molar-refractivity contribution in [3.63, 3.8) is 0 Å². The zero-order valence-corrected chi connectivity index (χ0v) is 11.2. The van der Waals surface area contributed by atoms with Gasteiger partial charge in [-0.2, -0.15) is 4.98 Å². The van der Waals surface area contributed by atoms with E-state index in [0.717, 1.165) is 0 Å². The van der Waals surface area contributed by atoms with Crippen LogP contribution in [0.2, 0.25) is 0 Å². The van der Waals surface area contributed by atoms with Crippen LogP contribution in [-0.2, 0) is 6.61 Å². The Bertz CT molecular complexity index is 576. The molecule has 0 N–H and O–H groups in total. The van der Waals surface area contributed by atoms with Crippen LogP contribution in [0.1, 0.15) is 48.8 Å². The topological polar surface area (TPSA) is 65.2 Å². The van der Waals surface area contributed by atoms with Crippen molar-refractivity contribution in [2.45, 2.75) is 33.3 Å². The smallest absolute Gasteiger partial charge is 0.229 e. The van der Waals surface area contributed by atoms with E-state index in [1.165, 1.54) is 6.92 Å². The van der Waals surface area contributed by atoms with Gasteiger partial charge in [0.15, 0.2) is 12.4 Å². The van der Waals surface area contributed by atoms with E-state index < -0.39 is 0 Å². The average Bonchev–Trinajstić information content (AvgIpc) is 2.85. The summed E-state index contributed by atoms with van der Waals surface area (Å²) in [6, 6.07) is 7.10. The van der Waals surface area contributed by atoms with Gasteiger partial charge in [-0.15, -0.1) is 0 Å². The molecule has 0 aliphatic rings. The maximum Gasteiger partial charge on any atom is 0.229 e. The van der Waals surface area contributed by atoms with Crippen molar-refractivity contribution >= 4 is 5.78 Å². The first-order chi connectivity index (χ1) is 9.08. The first kappa shape index (κ1) is 13.3. The predicted octanol–water partition coefficient (Wildman–Crippen LogP) is 2.97. The Balaban J connectivity index is 2.08. The van der Waals surface area contributed by atoms with Gasteiger partial charge in [-0.05, 0) is 19.1 Å². The standard InChI is InChI=1S/C14H16N2O3/c1-9(2)14-15-13(16-19-14)8-18-12-7-5-4-6-11(12)10(3)17/h4-7,9H,8H2,1-3H3. The van der Waals surface area contributed by atoms with Crippen molar-refractivity contribution in [3.05, 3.63) is 41.5 Å². The van der Waals surface area contributed by atoms with Gasteiger partial charge >= 0.3 is 0 Å². The highest BCUT2D eigenvalue weighted by Gasteiger charge is 2.12. The highest BCUT2D eigenvalue weighted by atomic mass is 16.5. The molecule has 19 heavy (non-hydrogen) atoms. The van der Waals surface area contributed by atoms with Crippen LogP contribution in [0.25, 0.3) is 0 Å². The fourth-order valence-corrected chi connectivity index (χ4v) is 1.59. The molecular weight excluding hydrogens is 244 g/mol. The second-order valence-corrected chi connectivity index (χ2v) is 4.54. The number of aromatic nitrogens is 2. The van der Waals surface area contributed by atoms with Crippen LogP contribution in [0, 0.1) is 0 Å². The fraction of sp³-hybridized carbons (Fsp3) is 0.357. The van der Waals surface area contributed by atoms with Crippen LogP contribution in [-0.4, -0.2) is 15.9 Å². The molecule has 100 valence electrons. The van der Waals surface area contributed by atoms with Gasteiger partial charge in [0.05, 0.1) is 5.56 Å². The molecule has 1 heterocycles. The molecule has 0 fully saturated rings. The molecular formula is C14H16N2O3. The largest absolute Gasteiger partial charge is 0.485 e. The number of hydrogen-bond donors (Lipinski definition) is 0. The van der Waals surface area contributed by atoms with Gasteiger partial charge in [-0.3, -0.25) is 4.79 Å². The summed E-state index contributed by atoms with van der Waals surface area (Å²) in [6.07, 6.45) is 0. The Kier molecular flexibility index (Phi) is 3.94. The number of para-hydroxylation sites is 1. The minimum atomic E-state index is -0.0356. The molecule has 0 amide bonds. The molecule has 5 nitrogen and oxygen atoms in total. The third kappa shape index (κ3) is 3.19. The molecule has 0 radical (unpaired) electrons. The predicted molar refractivity (Wildman–Crippen MR) is 69.2 cm³/mol. The molecule has 0 atom stereocenters. The number of ether oxygens (including phenoxy) is 1. The second-order valence-electron chi connectivity index (χ2n) is 4.54. The van der Waals surface area contributed by atoms with Gasteiger partial charge in [0.2, 0.25) is 11.7 Å². The van der Waals surface area contributed by atoms with Crippen LogP contribution in [0.3, 0.4) is 0 Å². The molecule has 2 aromatic rings. The molecule has 0 aliphatic heterocycles. The summed E-state index contributed by atoms with van der Waals surface area (Å²) in [5.41, 5.74) is 0.551. The molecule has 0 unspecified atom stereocenters. The highest BCUT2D eigenvalue weighted by molar-refractivity contribution is 5.96. The minimum Gasteiger partial charge on any atom is -0.485 e. The Morgan fingerprint density at radius 3 is 2.74 bits per heavy atom. The number of ketones is 1. The number of carbonyl (C=O) groups excluding carboxylic acids is 1. The van der Waals surface area contributed by atoms with E-state index in [0.29, 0.717) is 23.0 Å². The summed E-state index contributed by atoms with van der Waals surface area (Å²) >= 11 is 0. The van der Waals surface area contributed by atoms with Crippen LogP contribution in [0.5, 0.6) is 5.75 Å². The van der Waals surface area contributed by atoms with Crippen LogP contribution in [0.15, 0.2) is 28.8 Å². The lowest BCUT2D eigenvalue weighted by atomic mass is 10.1. The van der Waals surface area contributed by atoms with Crippen molar-refractivity contribution in [2.75, 3.05) is 0 Å². The zero-order chi connectivity index (χ0) is 13.8. The van der Waals surface area contributed by atoms with Gasteiger partial charge in [0.1, 0.15) is 5.75 Å². The van der Waals surface area contributed by atoms with Gasteiger partial charge < -0.3 is 9.26 Å². The van der Waals surface area contributed by atoms with Gasteiger partial charge in [-0.1, -0.05) is 31.1 Å². The number of benzene rings is 1. The normalized spacial score (nSPS) is 10.7. The Morgan fingerprint density at radius 2 is 2.11 bits per heavy atom. The Hall–Kier alpha value is -2.17. The van der Waals surface area contributed by atoms with Crippen molar-refractivity contribution in [3.8, 4) is 5.75 Å². The van der Waals surface area contributed by atoms with Crippen molar-refractivity contribution < 1.29 is 14.1 Å². The van der Waals surface area contributed by atoms with Gasteiger partial charge in [0, 0.05) is 5.92 Å². The number of rotatable bonds is 5. The lowest BCUT2D eigenvalue weighted by molar-refractivity contribution is 0.101. The van der Waals surface area contributed by atoms with Crippen molar-refractivity contribution in [2.24, 2.45) is 0 Å². The second kappa shape index (κ2) is 5.65. The molecule has 0 saturated carbocycles. The summed E-state index contributed by atoms with van der Waals surface area (Å²) in [7, 11) is 0. The molecule has 5 heteroatoms. The highest BCUT2D eigenvalue weighted by Crippen LogP contribution is 2.19. The summed E-state index contributed by atoms with van der Waals surface area (Å²) in [5.74, 6) is 1.74. The first-order valence-corrected chi connectivity index (χ1v) is 6.13. The van der Waals surface area contributed by atoms with E-state index in [2.05, 4.69) is 10.1 Å². The third-order valence-corrected chi connectivity index (χ3v) is 2.60. The molecule has 0 bridgehead atoms. The van der Waals surface area contributed by atoms with E-state index in [-0.39, 0.29) is 18.3 Å². The average molecular weight is 260 g/mol. The summed E-state index contributed by atoms with van der Waals surface area (Å²) in [4.78, 5) is 15.7. The van der Waals surface area contributed by atoms with E-state index in [9.17, 15) is 4.79 Å². The molecule has 0 aliphatic carbocycles. The zero-order valence-electron chi connectivity index (χ0n) is 11.2. The fourth-order valence-electron chi connectivity index (χ4n) is 1.59. The lowest BCUT2D eigenvalue weighted by Gasteiger charge is -2.07. The SMILES string of the molecule is CC(=O)c1ccccc1OCc1noc(C(C)C)n1. The maximum absolute atomic E-state index is 11.4. The quantitative estimate of drug-likeness (QED) is 0.773. The number of Topliss-reactive ketones (excluding diaryl/α,β-unsaturated/α-hetero) is 1. The van der Waals surface area contributed by atoms with Crippen LogP contribution in [0.4, 0.5) is 0 Å². The Morgan fingerprint density at radius 1 is 1.37 bits per heavy atom. The maximum atomic E-state index is 11.4. The minimum absolute atomic E-state index is 0.0356. The number of carbonyl (C=O) groups is 1. The van der Waals surface area contributed by atoms with Crippen LogP contribution < -0.4 is 4.74 Å². The van der Waals surface area contributed by atoms with Crippen LogP contribution >= 0.6 is 0 Å². The van der Waals surface area contributed by atoms with E-state index >= 15 is 0 Å². The van der Waals surface area contributed by atoms with Gasteiger partial charge in [-0.25, -0.2) is 0 Å². The monoisotopic (exact) mass is 260 g/mol. The summed E-state index contributed by atoms with van der Waals surface area (Å²) < 4.78 is 10.7. The molecule has 1 aromatic carbocycles. The number of nitrogens with zero attached hydrogens (tertiary/aromatic N) is 2. The molecule has 2 rings (SSSR count). The molecule has 0 spiro atoms. The van der Waals surface area contributed by atoms with Crippen molar-refractivity contribution in [1.82, 2.24) is 10.1 Å². The van der Waals surface area contributed by atoms with E-state index in [1.807, 2.05) is 19.9 Å².